The van der Waals surface area contributed by atoms with Crippen LogP contribution in [0.1, 0.15) is 53.5 Å². The number of benzene rings is 3. The van der Waals surface area contributed by atoms with E-state index in [0.717, 1.165) is 47.1 Å². The average Bonchev–Trinajstić information content (AvgIpc) is 3.57. The quantitative estimate of drug-likeness (QED) is 0.220. The van der Waals surface area contributed by atoms with Gasteiger partial charge < -0.3 is 34.3 Å². The molecule has 10 rings (SSSR count). The van der Waals surface area contributed by atoms with Gasteiger partial charge in [-0.25, -0.2) is 0 Å². The molecule has 0 aromatic heterocycles. The molecule has 4 heterocycles. The first kappa shape index (κ1) is 36.9. The summed E-state index contributed by atoms with van der Waals surface area (Å²) in [5.41, 5.74) is 3.62. The molecule has 2 saturated carbocycles. The number of hydrogen-bond acceptors (Lipinski definition) is 10. The predicted molar refractivity (Wildman–Crippen MR) is 206 cm³/mol. The number of likely N-dealkylation sites (N-methyl/N-ethyl adjacent to an activating group) is 1. The average molecular weight is 776 g/mol. The van der Waals surface area contributed by atoms with E-state index in [4.69, 9.17) is 23.8 Å². The van der Waals surface area contributed by atoms with Crippen molar-refractivity contribution in [1.82, 2.24) is 15.3 Å². The van der Waals surface area contributed by atoms with E-state index in [2.05, 4.69) is 41.7 Å². The summed E-state index contributed by atoms with van der Waals surface area (Å²) in [7, 11) is 1.62. The smallest absolute Gasteiger partial charge is 0.327 e. The minimum atomic E-state index is -1.45. The van der Waals surface area contributed by atoms with Crippen molar-refractivity contribution in [3.63, 3.8) is 0 Å². The molecule has 57 heavy (non-hydrogen) atoms. The lowest BCUT2D eigenvalue weighted by Gasteiger charge is -2.50. The molecule has 12 heteroatoms. The number of aliphatic hydroxyl groups excluding tert-OH is 1. The Kier molecular flexibility index (Phi) is 9.34. The Morgan fingerprint density at radius 2 is 1.70 bits per heavy atom. The number of epoxide rings is 1. The number of rotatable bonds is 11. The molecule has 7 aliphatic rings. The zero-order valence-corrected chi connectivity index (χ0v) is 32.0. The number of hydrogen-bond donors (Lipinski definition) is 2. The van der Waals surface area contributed by atoms with Crippen LogP contribution in [0, 0.1) is 11.3 Å². The van der Waals surface area contributed by atoms with Gasteiger partial charge in [-0.05, 0) is 53.0 Å². The molecular weight excluding hydrogens is 727 g/mol. The van der Waals surface area contributed by atoms with Crippen LogP contribution in [-0.2, 0) is 64.0 Å². The van der Waals surface area contributed by atoms with Crippen LogP contribution in [0.15, 0.2) is 84.9 Å². The molecule has 2 N–H and O–H groups in total. The normalized spacial score (nSPS) is 33.3. The van der Waals surface area contributed by atoms with Gasteiger partial charge in [0.05, 0.1) is 25.4 Å². The lowest BCUT2D eigenvalue weighted by atomic mass is 9.62. The number of nitrogens with zero attached hydrogens (tertiary/aromatic N) is 2. The first-order valence-electron chi connectivity index (χ1n) is 20.4. The van der Waals surface area contributed by atoms with E-state index >= 15 is 4.79 Å². The maximum atomic E-state index is 15.5. The Morgan fingerprint density at radius 3 is 2.47 bits per heavy atom. The molecule has 3 aromatic rings. The monoisotopic (exact) mass is 775 g/mol. The van der Waals surface area contributed by atoms with Crippen LogP contribution >= 0.6 is 0 Å². The van der Waals surface area contributed by atoms with Crippen LogP contribution in [-0.4, -0.2) is 108 Å². The Morgan fingerprint density at radius 1 is 0.947 bits per heavy atom. The fourth-order valence-electron chi connectivity index (χ4n) is 10.6. The third-order valence-electron chi connectivity index (χ3n) is 13.4. The van der Waals surface area contributed by atoms with Crippen LogP contribution in [0.2, 0.25) is 0 Å². The molecule has 2 amide bonds. The standard InChI is InChI=1S/C45H49N3O9/c1-47(33(41(50)46-18-19-49)21-27-8-3-2-4-9-27)43(52)45-25-36-37-38(56-44(55-37)23-31-12-5-6-13-32(31)24-44)40(45)57-48(39(45)42(51)54-36)26-30-11-7-10-28(20-30)14-15-29-16-17-34-35(22-29)53-34/h2-15,20,29,33-40,49H,16-19,21-26H2,1H3,(H,46,50). The number of nitrogens with one attached hydrogen (secondary N) is 1. The van der Waals surface area contributed by atoms with Gasteiger partial charge in [-0.2, -0.15) is 5.06 Å². The lowest BCUT2D eigenvalue weighted by molar-refractivity contribution is -0.218. The van der Waals surface area contributed by atoms with Crippen molar-refractivity contribution in [2.45, 2.75) is 106 Å². The minimum Gasteiger partial charge on any atom is -0.458 e. The van der Waals surface area contributed by atoms with Gasteiger partial charge in [-0.15, -0.1) is 0 Å². The van der Waals surface area contributed by atoms with Crippen molar-refractivity contribution in [3.8, 4) is 0 Å². The van der Waals surface area contributed by atoms with Gasteiger partial charge in [0.15, 0.2) is 11.8 Å². The minimum absolute atomic E-state index is 0.0392. The van der Waals surface area contributed by atoms with Crippen molar-refractivity contribution >= 4 is 23.9 Å². The highest BCUT2D eigenvalue weighted by Crippen LogP contribution is 2.59. The van der Waals surface area contributed by atoms with Crippen molar-refractivity contribution in [1.29, 1.82) is 0 Å². The number of allylic oxidation sites excluding steroid dienone is 1. The molecule has 4 aliphatic heterocycles. The highest BCUT2D eigenvalue weighted by Gasteiger charge is 2.77. The first-order chi connectivity index (χ1) is 27.7. The summed E-state index contributed by atoms with van der Waals surface area (Å²) in [5, 5.41) is 14.0. The molecule has 1 spiro atoms. The number of carbonyl (C=O) groups excluding carboxylic acids is 3. The third kappa shape index (κ3) is 6.51. The Labute approximate surface area is 332 Å². The number of carbonyl (C=O) groups is 3. The number of aliphatic hydroxyl groups is 1. The number of fused-ring (bicyclic) bond motifs is 6. The van der Waals surface area contributed by atoms with E-state index in [9.17, 15) is 14.7 Å². The summed E-state index contributed by atoms with van der Waals surface area (Å²) in [5.74, 6) is -1.88. The summed E-state index contributed by atoms with van der Waals surface area (Å²) >= 11 is 0. The van der Waals surface area contributed by atoms with Crippen LogP contribution in [0.5, 0.6) is 0 Å². The fraction of sp³-hybridized carbons (Fsp3) is 0.489. The molecule has 4 saturated heterocycles. The van der Waals surface area contributed by atoms with Crippen molar-refractivity contribution in [2.75, 3.05) is 20.2 Å². The molecule has 3 aromatic carbocycles. The van der Waals surface area contributed by atoms with E-state index in [1.165, 1.54) is 4.90 Å². The summed E-state index contributed by atoms with van der Waals surface area (Å²) in [6.45, 7) is 0.00446. The number of amides is 2. The van der Waals surface area contributed by atoms with Crippen LogP contribution in [0.4, 0.5) is 0 Å². The molecule has 3 aliphatic carbocycles. The first-order valence-corrected chi connectivity index (χ1v) is 20.4. The van der Waals surface area contributed by atoms with Gasteiger partial charge in [-0.3, -0.25) is 19.2 Å². The van der Waals surface area contributed by atoms with Gasteiger partial charge in [0, 0.05) is 39.3 Å². The second-order valence-electron chi connectivity index (χ2n) is 16.9. The van der Waals surface area contributed by atoms with Gasteiger partial charge in [0.25, 0.3) is 0 Å². The van der Waals surface area contributed by atoms with Gasteiger partial charge in [-0.1, -0.05) is 91.0 Å². The molecule has 10 unspecified atom stereocenters. The van der Waals surface area contributed by atoms with E-state index in [-0.39, 0.29) is 32.5 Å². The Balaban J connectivity index is 0.987. The molecule has 12 nitrogen and oxygen atoms in total. The largest absolute Gasteiger partial charge is 0.458 e. The van der Waals surface area contributed by atoms with Gasteiger partial charge in [0.1, 0.15) is 35.9 Å². The molecular formula is C45H49N3O9. The summed E-state index contributed by atoms with van der Waals surface area (Å²) in [6.07, 6.45) is 6.92. The molecule has 6 fully saturated rings. The Hall–Kier alpha value is -4.43. The highest BCUT2D eigenvalue weighted by molar-refractivity contribution is 5.96. The van der Waals surface area contributed by atoms with Crippen LogP contribution in [0.3, 0.4) is 0 Å². The zero-order chi connectivity index (χ0) is 38.9. The molecule has 2 bridgehead atoms. The molecule has 0 radical (unpaired) electrons. The number of ether oxygens (including phenoxy) is 4. The Bertz CT molecular complexity index is 2050. The zero-order valence-electron chi connectivity index (χ0n) is 32.0. The molecule has 10 atom stereocenters. The van der Waals surface area contributed by atoms with Crippen LogP contribution in [0.25, 0.3) is 6.08 Å². The van der Waals surface area contributed by atoms with Crippen molar-refractivity contribution < 1.29 is 43.3 Å². The van der Waals surface area contributed by atoms with E-state index in [0.29, 0.717) is 31.0 Å². The van der Waals surface area contributed by atoms with Gasteiger partial charge >= 0.3 is 5.97 Å². The lowest BCUT2D eigenvalue weighted by Crippen LogP contribution is -2.70. The van der Waals surface area contributed by atoms with Gasteiger partial charge in [0.2, 0.25) is 11.8 Å². The summed E-state index contributed by atoms with van der Waals surface area (Å²) in [4.78, 5) is 52.1. The third-order valence-corrected chi connectivity index (χ3v) is 13.4. The SMILES string of the molecule is CN(C(=O)C12CC3OC(=O)C1N(Cc1cccc(C=CC4CCC5OC5C4)c1)OC2C1OC2(Cc4ccccc4C2)OC31)C(Cc1ccccc1)C(=O)NCCO. The number of hydroxylamine groups is 2. The fourth-order valence-corrected chi connectivity index (χ4v) is 10.6. The summed E-state index contributed by atoms with van der Waals surface area (Å²) < 4.78 is 25.7. The predicted octanol–water partition coefficient (Wildman–Crippen LogP) is 3.52. The van der Waals surface area contributed by atoms with Crippen molar-refractivity contribution in [2.24, 2.45) is 11.3 Å². The number of esters is 1. The maximum absolute atomic E-state index is 15.5. The highest BCUT2D eigenvalue weighted by atomic mass is 16.8. The molecule has 298 valence electrons. The van der Waals surface area contributed by atoms with Crippen LogP contribution < -0.4 is 5.32 Å². The van der Waals surface area contributed by atoms with E-state index in [1.807, 2.05) is 54.6 Å². The van der Waals surface area contributed by atoms with E-state index in [1.54, 1.807) is 12.1 Å². The van der Waals surface area contributed by atoms with E-state index < -0.39 is 65.5 Å². The topological polar surface area (TPSA) is 139 Å². The van der Waals surface area contributed by atoms with Crippen molar-refractivity contribution in [3.05, 3.63) is 113 Å². The summed E-state index contributed by atoms with van der Waals surface area (Å²) in [6, 6.07) is 23.7. The second kappa shape index (κ2) is 14.4. The maximum Gasteiger partial charge on any atom is 0.327 e. The second-order valence-corrected chi connectivity index (χ2v) is 16.9.